The van der Waals surface area contributed by atoms with E-state index in [4.69, 9.17) is 0 Å². The van der Waals surface area contributed by atoms with Crippen molar-refractivity contribution in [1.82, 2.24) is 19.9 Å². The Kier molecular flexibility index (Phi) is 4.59. The Morgan fingerprint density at radius 3 is 2.56 bits per heavy atom. The van der Waals surface area contributed by atoms with Gasteiger partial charge in [-0.3, -0.25) is 9.71 Å². The summed E-state index contributed by atoms with van der Waals surface area (Å²) in [6.45, 7) is 1.85. The van der Waals surface area contributed by atoms with E-state index in [1.165, 1.54) is 6.20 Å². The van der Waals surface area contributed by atoms with E-state index in [1.54, 1.807) is 12.3 Å². The Hall–Kier alpha value is -3.92. The molecule has 0 unspecified atom stereocenters. The van der Waals surface area contributed by atoms with E-state index in [0.717, 1.165) is 39.9 Å². The van der Waals surface area contributed by atoms with Crippen LogP contribution in [0.25, 0.3) is 33.2 Å². The maximum atomic E-state index is 14.0. The minimum atomic E-state index is -4.27. The predicted octanol–water partition coefficient (Wildman–Crippen LogP) is 4.56. The molecule has 3 heterocycles. The first kappa shape index (κ1) is 20.0. The molecular formula is C22H15F2N5O2S. The number of aromatic nitrogens is 4. The Morgan fingerprint density at radius 2 is 1.75 bits per heavy atom. The normalized spacial score (nSPS) is 11.8. The Morgan fingerprint density at radius 1 is 0.906 bits per heavy atom. The van der Waals surface area contributed by atoms with Crippen molar-refractivity contribution < 1.29 is 17.2 Å². The molecule has 0 amide bonds. The zero-order valence-corrected chi connectivity index (χ0v) is 17.4. The Labute approximate surface area is 181 Å². The fourth-order valence-corrected chi connectivity index (χ4v) is 4.55. The molecule has 0 aliphatic heterocycles. The summed E-state index contributed by atoms with van der Waals surface area (Å²) in [4.78, 5) is 15.5. The molecule has 0 aliphatic rings. The predicted molar refractivity (Wildman–Crippen MR) is 117 cm³/mol. The number of aryl methyl sites for hydroxylation is 1. The van der Waals surface area contributed by atoms with Crippen molar-refractivity contribution in [2.75, 3.05) is 4.72 Å². The Bertz CT molecular complexity index is 1620. The lowest BCUT2D eigenvalue weighted by Gasteiger charge is -2.10. The van der Waals surface area contributed by atoms with Gasteiger partial charge < -0.3 is 4.98 Å². The van der Waals surface area contributed by atoms with Crippen LogP contribution in [-0.4, -0.2) is 28.4 Å². The molecule has 0 spiro atoms. The van der Waals surface area contributed by atoms with Crippen LogP contribution in [0.3, 0.4) is 0 Å². The quantitative estimate of drug-likeness (QED) is 0.417. The third kappa shape index (κ3) is 3.65. The van der Waals surface area contributed by atoms with E-state index in [2.05, 4.69) is 24.7 Å². The van der Waals surface area contributed by atoms with E-state index in [0.29, 0.717) is 17.3 Å². The lowest BCUT2D eigenvalue weighted by atomic mass is 10.0. The molecule has 2 aromatic carbocycles. The number of anilines is 1. The van der Waals surface area contributed by atoms with E-state index in [9.17, 15) is 17.2 Å². The number of aromatic amines is 1. The van der Waals surface area contributed by atoms with Gasteiger partial charge >= 0.3 is 0 Å². The highest BCUT2D eigenvalue weighted by molar-refractivity contribution is 7.92. The van der Waals surface area contributed by atoms with Crippen molar-refractivity contribution >= 4 is 37.8 Å². The fourth-order valence-electron chi connectivity index (χ4n) is 3.46. The monoisotopic (exact) mass is 451 g/mol. The number of fused-ring (bicyclic) bond motifs is 2. The van der Waals surface area contributed by atoms with Crippen molar-refractivity contribution in [2.24, 2.45) is 0 Å². The summed E-state index contributed by atoms with van der Waals surface area (Å²) in [7, 11) is -4.27. The summed E-state index contributed by atoms with van der Waals surface area (Å²) < 4.78 is 54.5. The van der Waals surface area contributed by atoms with Crippen LogP contribution < -0.4 is 4.72 Å². The minimum Gasteiger partial charge on any atom is -0.327 e. The standard InChI is InChI=1S/C22H15F2N5O2S/c1-12-26-20-8-14-6-13(2-4-19(14)28-22(20)27-12)15-7-17(11-25-10-15)29-32(30,31)21-5-3-16(23)9-18(21)24/h2-11,29H,1H3,(H,26,27,28). The number of benzene rings is 2. The average molecular weight is 451 g/mol. The second-order valence-electron chi connectivity index (χ2n) is 7.23. The van der Waals surface area contributed by atoms with Crippen LogP contribution in [0.4, 0.5) is 14.5 Å². The molecule has 0 bridgehead atoms. The van der Waals surface area contributed by atoms with Crippen molar-refractivity contribution in [3.8, 4) is 11.1 Å². The van der Waals surface area contributed by atoms with Crippen LogP contribution in [0.1, 0.15) is 5.82 Å². The lowest BCUT2D eigenvalue weighted by molar-refractivity contribution is 0.551. The number of hydrogen-bond acceptors (Lipinski definition) is 5. The van der Waals surface area contributed by atoms with Crippen molar-refractivity contribution in [2.45, 2.75) is 11.8 Å². The SMILES string of the molecule is Cc1nc2cc3cc(-c4cncc(NS(=O)(=O)c5ccc(F)cc5F)c4)ccc3nc2[nH]1. The molecule has 10 heteroatoms. The topological polar surface area (TPSA) is 101 Å². The second kappa shape index (κ2) is 7.34. The number of nitrogens with zero attached hydrogens (tertiary/aromatic N) is 3. The number of sulfonamides is 1. The molecule has 2 N–H and O–H groups in total. The number of pyridine rings is 2. The van der Waals surface area contributed by atoms with E-state index < -0.39 is 26.6 Å². The maximum Gasteiger partial charge on any atom is 0.264 e. The second-order valence-corrected chi connectivity index (χ2v) is 8.88. The lowest BCUT2D eigenvalue weighted by Crippen LogP contribution is -2.15. The van der Waals surface area contributed by atoms with Crippen LogP contribution in [0.5, 0.6) is 0 Å². The van der Waals surface area contributed by atoms with Gasteiger partial charge in [-0.15, -0.1) is 0 Å². The number of H-pyrrole nitrogens is 1. The number of hydrogen-bond donors (Lipinski definition) is 2. The van der Waals surface area contributed by atoms with Crippen LogP contribution in [0.15, 0.2) is 65.8 Å². The van der Waals surface area contributed by atoms with Crippen LogP contribution in [0.2, 0.25) is 0 Å². The number of nitrogens with one attached hydrogen (secondary N) is 2. The molecule has 0 radical (unpaired) electrons. The minimum absolute atomic E-state index is 0.142. The number of rotatable bonds is 4. The van der Waals surface area contributed by atoms with Gasteiger partial charge in [-0.05, 0) is 48.9 Å². The van der Waals surface area contributed by atoms with Gasteiger partial charge in [-0.25, -0.2) is 27.2 Å². The van der Waals surface area contributed by atoms with Crippen molar-refractivity contribution in [3.63, 3.8) is 0 Å². The first-order valence-corrected chi connectivity index (χ1v) is 11.0. The highest BCUT2D eigenvalue weighted by Gasteiger charge is 2.20. The maximum absolute atomic E-state index is 14.0. The smallest absolute Gasteiger partial charge is 0.264 e. The molecule has 0 saturated carbocycles. The van der Waals surface area contributed by atoms with Gasteiger partial charge in [0, 0.05) is 23.2 Å². The third-order valence-corrected chi connectivity index (χ3v) is 6.30. The molecule has 0 aliphatic carbocycles. The first-order chi connectivity index (χ1) is 15.3. The highest BCUT2D eigenvalue weighted by Crippen LogP contribution is 2.28. The molecule has 0 fully saturated rings. The Balaban J connectivity index is 1.50. The summed E-state index contributed by atoms with van der Waals surface area (Å²) in [5.74, 6) is -1.27. The molecule has 160 valence electrons. The van der Waals surface area contributed by atoms with Gasteiger partial charge in [0.1, 0.15) is 27.9 Å². The average Bonchev–Trinajstić information content (AvgIpc) is 3.09. The molecule has 0 atom stereocenters. The van der Waals surface area contributed by atoms with Crippen molar-refractivity contribution in [1.29, 1.82) is 0 Å². The van der Waals surface area contributed by atoms with Crippen molar-refractivity contribution in [3.05, 3.63) is 78.4 Å². The van der Waals surface area contributed by atoms with Crippen LogP contribution in [0, 0.1) is 18.6 Å². The number of halogens is 2. The molecule has 7 nitrogen and oxygen atoms in total. The molecular weight excluding hydrogens is 436 g/mol. The first-order valence-electron chi connectivity index (χ1n) is 9.49. The summed E-state index contributed by atoms with van der Waals surface area (Å²) in [5.41, 5.74) is 3.80. The highest BCUT2D eigenvalue weighted by atomic mass is 32.2. The van der Waals surface area contributed by atoms with Gasteiger partial charge in [-0.1, -0.05) is 6.07 Å². The molecule has 5 aromatic rings. The van der Waals surface area contributed by atoms with E-state index in [1.807, 2.05) is 31.2 Å². The molecule has 32 heavy (non-hydrogen) atoms. The van der Waals surface area contributed by atoms with E-state index in [-0.39, 0.29) is 5.69 Å². The molecule has 3 aromatic heterocycles. The van der Waals surface area contributed by atoms with Gasteiger partial charge in [-0.2, -0.15) is 0 Å². The van der Waals surface area contributed by atoms with Crippen LogP contribution in [-0.2, 0) is 10.0 Å². The largest absolute Gasteiger partial charge is 0.327 e. The zero-order chi connectivity index (χ0) is 22.5. The summed E-state index contributed by atoms with van der Waals surface area (Å²) >= 11 is 0. The van der Waals surface area contributed by atoms with E-state index >= 15 is 0 Å². The third-order valence-electron chi connectivity index (χ3n) is 4.89. The summed E-state index contributed by atoms with van der Waals surface area (Å²) in [6, 6.07) is 11.4. The van der Waals surface area contributed by atoms with Crippen LogP contribution >= 0.6 is 0 Å². The summed E-state index contributed by atoms with van der Waals surface area (Å²) in [6.07, 6.45) is 2.89. The van der Waals surface area contributed by atoms with Gasteiger partial charge in [0.2, 0.25) is 0 Å². The van der Waals surface area contributed by atoms with Gasteiger partial charge in [0.15, 0.2) is 5.65 Å². The van der Waals surface area contributed by atoms with Gasteiger partial charge in [0.05, 0.1) is 17.4 Å². The molecule has 5 rings (SSSR count). The molecule has 0 saturated heterocycles. The zero-order valence-electron chi connectivity index (χ0n) is 16.6. The number of imidazole rings is 1. The fraction of sp³-hybridized carbons (Fsp3) is 0.0455. The van der Waals surface area contributed by atoms with Gasteiger partial charge in [0.25, 0.3) is 10.0 Å². The summed E-state index contributed by atoms with van der Waals surface area (Å²) in [5, 5.41) is 0.862.